The van der Waals surface area contributed by atoms with Crippen molar-refractivity contribution in [1.82, 2.24) is 20.7 Å². The quantitative estimate of drug-likeness (QED) is 0.684. The maximum atomic E-state index is 4.27. The maximum absolute atomic E-state index is 4.27. The summed E-state index contributed by atoms with van der Waals surface area (Å²) in [6.07, 6.45) is 0. The summed E-state index contributed by atoms with van der Waals surface area (Å²) in [5, 5.41) is 20.3. The Labute approximate surface area is 161 Å². The Bertz CT molecular complexity index is 909. The number of benzene rings is 2. The zero-order chi connectivity index (χ0) is 17.9. The van der Waals surface area contributed by atoms with Crippen molar-refractivity contribution in [3.05, 3.63) is 52.5 Å². The molecule has 7 heteroatoms. The SMILES string of the molecule is CC(Nc1nnnc2ccc(N3CCNCC3)cc12)c1ccccc1Br. The summed E-state index contributed by atoms with van der Waals surface area (Å²) in [5.41, 5.74) is 3.23. The summed E-state index contributed by atoms with van der Waals surface area (Å²) >= 11 is 3.62. The first-order valence-corrected chi connectivity index (χ1v) is 9.61. The molecule has 1 aromatic heterocycles. The molecule has 2 heterocycles. The van der Waals surface area contributed by atoms with Crippen LogP contribution in [0.3, 0.4) is 0 Å². The Morgan fingerprint density at radius 2 is 1.92 bits per heavy atom. The first kappa shape index (κ1) is 17.2. The van der Waals surface area contributed by atoms with Crippen LogP contribution in [0, 0.1) is 0 Å². The highest BCUT2D eigenvalue weighted by atomic mass is 79.9. The largest absolute Gasteiger partial charge is 0.369 e. The second kappa shape index (κ2) is 7.55. The van der Waals surface area contributed by atoms with E-state index in [-0.39, 0.29) is 6.04 Å². The monoisotopic (exact) mass is 412 g/mol. The van der Waals surface area contributed by atoms with Crippen LogP contribution < -0.4 is 15.5 Å². The van der Waals surface area contributed by atoms with E-state index in [1.807, 2.05) is 24.3 Å². The predicted octanol–water partition coefficient (Wildman–Crippen LogP) is 3.37. The number of nitrogens with zero attached hydrogens (tertiary/aromatic N) is 4. The average Bonchev–Trinajstić information content (AvgIpc) is 2.69. The minimum Gasteiger partial charge on any atom is -0.369 e. The smallest absolute Gasteiger partial charge is 0.160 e. The molecule has 3 aromatic rings. The standard InChI is InChI=1S/C19H21BrN6/c1-13(15-4-2-3-5-17(15)20)22-19-16-12-14(26-10-8-21-9-11-26)6-7-18(16)23-25-24-19/h2-7,12-13,21H,8-11H2,1H3,(H,22,23,24). The number of piperazine rings is 1. The normalized spacial score (nSPS) is 15.8. The molecule has 0 bridgehead atoms. The van der Waals surface area contributed by atoms with Crippen LogP contribution >= 0.6 is 15.9 Å². The summed E-state index contributed by atoms with van der Waals surface area (Å²) in [4.78, 5) is 2.39. The van der Waals surface area contributed by atoms with Crippen LogP contribution in [-0.4, -0.2) is 41.6 Å². The van der Waals surface area contributed by atoms with Crippen molar-refractivity contribution in [1.29, 1.82) is 0 Å². The Morgan fingerprint density at radius 3 is 2.73 bits per heavy atom. The summed E-state index contributed by atoms with van der Waals surface area (Å²) in [6.45, 7) is 6.15. The number of rotatable bonds is 4. The van der Waals surface area contributed by atoms with Crippen molar-refractivity contribution in [3.63, 3.8) is 0 Å². The fourth-order valence-corrected chi connectivity index (χ4v) is 3.93. The van der Waals surface area contributed by atoms with Crippen molar-refractivity contribution >= 4 is 38.3 Å². The van der Waals surface area contributed by atoms with E-state index in [4.69, 9.17) is 0 Å². The number of hydrogen-bond acceptors (Lipinski definition) is 6. The van der Waals surface area contributed by atoms with E-state index in [0.717, 1.165) is 47.4 Å². The van der Waals surface area contributed by atoms with Crippen LogP contribution in [0.2, 0.25) is 0 Å². The van der Waals surface area contributed by atoms with E-state index in [2.05, 4.69) is 72.0 Å². The first-order chi connectivity index (χ1) is 12.7. The molecule has 4 rings (SSSR count). The summed E-state index contributed by atoms with van der Waals surface area (Å²) in [5.74, 6) is 0.759. The molecule has 1 atom stereocenters. The molecular weight excluding hydrogens is 392 g/mol. The lowest BCUT2D eigenvalue weighted by Gasteiger charge is -2.29. The van der Waals surface area contributed by atoms with Gasteiger partial charge in [0.25, 0.3) is 0 Å². The molecule has 0 aliphatic carbocycles. The van der Waals surface area contributed by atoms with Crippen molar-refractivity contribution < 1.29 is 0 Å². The molecule has 1 saturated heterocycles. The van der Waals surface area contributed by atoms with E-state index in [1.54, 1.807) is 0 Å². The van der Waals surface area contributed by atoms with Gasteiger partial charge in [0.05, 0.1) is 11.6 Å². The second-order valence-corrected chi connectivity index (χ2v) is 7.32. The number of halogens is 1. The van der Waals surface area contributed by atoms with Crippen molar-refractivity contribution in [2.45, 2.75) is 13.0 Å². The highest BCUT2D eigenvalue weighted by Crippen LogP contribution is 2.29. The van der Waals surface area contributed by atoms with Crippen LogP contribution in [0.15, 0.2) is 46.9 Å². The van der Waals surface area contributed by atoms with Gasteiger partial charge >= 0.3 is 0 Å². The molecule has 2 N–H and O–H groups in total. The Kier molecular flexibility index (Phi) is 4.99. The third-order valence-electron chi connectivity index (χ3n) is 4.74. The number of fused-ring (bicyclic) bond motifs is 1. The van der Waals surface area contributed by atoms with Gasteiger partial charge in [-0.3, -0.25) is 0 Å². The molecule has 134 valence electrons. The Morgan fingerprint density at radius 1 is 1.12 bits per heavy atom. The minimum atomic E-state index is 0.0910. The topological polar surface area (TPSA) is 66.0 Å². The number of anilines is 2. The lowest BCUT2D eigenvalue weighted by Crippen LogP contribution is -2.43. The first-order valence-electron chi connectivity index (χ1n) is 8.82. The van der Waals surface area contributed by atoms with E-state index in [0.29, 0.717) is 0 Å². The molecule has 1 aliphatic heterocycles. The molecule has 1 aliphatic rings. The number of aromatic nitrogens is 3. The Balaban J connectivity index is 1.67. The third kappa shape index (κ3) is 3.50. The fourth-order valence-electron chi connectivity index (χ4n) is 3.31. The summed E-state index contributed by atoms with van der Waals surface area (Å²) < 4.78 is 1.08. The van der Waals surface area contributed by atoms with Gasteiger partial charge in [-0.2, -0.15) is 0 Å². The van der Waals surface area contributed by atoms with E-state index in [9.17, 15) is 0 Å². The summed E-state index contributed by atoms with van der Waals surface area (Å²) in [7, 11) is 0. The molecule has 0 saturated carbocycles. The predicted molar refractivity (Wildman–Crippen MR) is 109 cm³/mol. The van der Waals surface area contributed by atoms with Gasteiger partial charge in [0.1, 0.15) is 0 Å². The molecular formula is C19H21BrN6. The molecule has 26 heavy (non-hydrogen) atoms. The van der Waals surface area contributed by atoms with Crippen molar-refractivity contribution in [3.8, 4) is 0 Å². The zero-order valence-electron chi connectivity index (χ0n) is 14.6. The highest BCUT2D eigenvalue weighted by molar-refractivity contribution is 9.10. The summed E-state index contributed by atoms with van der Waals surface area (Å²) in [6, 6.07) is 14.6. The van der Waals surface area contributed by atoms with Crippen molar-refractivity contribution in [2.75, 3.05) is 36.4 Å². The number of nitrogens with one attached hydrogen (secondary N) is 2. The number of hydrogen-bond donors (Lipinski definition) is 2. The van der Waals surface area contributed by atoms with E-state index < -0.39 is 0 Å². The third-order valence-corrected chi connectivity index (χ3v) is 5.46. The van der Waals surface area contributed by atoms with Gasteiger partial charge in [-0.25, -0.2) is 0 Å². The van der Waals surface area contributed by atoms with E-state index in [1.165, 1.54) is 11.3 Å². The van der Waals surface area contributed by atoms with Gasteiger partial charge in [0.15, 0.2) is 5.82 Å². The average molecular weight is 413 g/mol. The van der Waals surface area contributed by atoms with Crippen LogP contribution in [0.25, 0.3) is 10.9 Å². The van der Waals surface area contributed by atoms with Gasteiger partial charge < -0.3 is 15.5 Å². The molecule has 0 spiro atoms. The van der Waals surface area contributed by atoms with Crippen LogP contribution in [0.5, 0.6) is 0 Å². The zero-order valence-corrected chi connectivity index (χ0v) is 16.2. The van der Waals surface area contributed by atoms with Crippen LogP contribution in [0.4, 0.5) is 11.5 Å². The van der Waals surface area contributed by atoms with Gasteiger partial charge in [-0.15, -0.1) is 10.2 Å². The van der Waals surface area contributed by atoms with Gasteiger partial charge in [0.2, 0.25) is 0 Å². The van der Waals surface area contributed by atoms with Gasteiger partial charge in [0, 0.05) is 41.7 Å². The molecule has 6 nitrogen and oxygen atoms in total. The van der Waals surface area contributed by atoms with Gasteiger partial charge in [-0.05, 0) is 42.0 Å². The molecule has 2 aromatic carbocycles. The lowest BCUT2D eigenvalue weighted by molar-refractivity contribution is 0.589. The lowest BCUT2D eigenvalue weighted by atomic mass is 10.1. The Hall–Kier alpha value is -2.25. The van der Waals surface area contributed by atoms with Crippen LogP contribution in [-0.2, 0) is 0 Å². The van der Waals surface area contributed by atoms with Crippen molar-refractivity contribution in [2.24, 2.45) is 0 Å². The second-order valence-electron chi connectivity index (χ2n) is 6.46. The highest BCUT2D eigenvalue weighted by Gasteiger charge is 2.15. The van der Waals surface area contributed by atoms with Crippen LogP contribution in [0.1, 0.15) is 18.5 Å². The van der Waals surface area contributed by atoms with Gasteiger partial charge in [-0.1, -0.05) is 34.1 Å². The molecule has 1 unspecified atom stereocenters. The maximum Gasteiger partial charge on any atom is 0.160 e. The molecule has 0 radical (unpaired) electrons. The molecule has 1 fully saturated rings. The van der Waals surface area contributed by atoms with E-state index >= 15 is 0 Å². The molecule has 0 amide bonds. The minimum absolute atomic E-state index is 0.0910. The fraction of sp³-hybridized carbons (Fsp3) is 0.316.